The third-order valence-electron chi connectivity index (χ3n) is 4.71. The number of anilines is 1. The fraction of sp³-hybridized carbons (Fsp3) is 0.444. The number of hydrogen-bond acceptors (Lipinski definition) is 4. The van der Waals surface area contributed by atoms with Gasteiger partial charge in [0.15, 0.2) is 0 Å². The number of ether oxygens (including phenoxy) is 1. The molecule has 128 valence electrons. The van der Waals surface area contributed by atoms with Gasteiger partial charge in [-0.15, -0.1) is 0 Å². The highest BCUT2D eigenvalue weighted by molar-refractivity contribution is 5.96. The van der Waals surface area contributed by atoms with Crippen LogP contribution >= 0.6 is 0 Å². The smallest absolute Gasteiger partial charge is 0.257 e. The van der Waals surface area contributed by atoms with E-state index in [0.29, 0.717) is 13.1 Å². The highest BCUT2D eigenvalue weighted by atomic mass is 16.5. The van der Waals surface area contributed by atoms with Crippen LogP contribution in [0.5, 0.6) is 5.75 Å². The molecular formula is C18H24N4O2. The maximum atomic E-state index is 12.8. The first kappa shape index (κ1) is 16.4. The van der Waals surface area contributed by atoms with Gasteiger partial charge in [-0.3, -0.25) is 9.48 Å². The first-order chi connectivity index (χ1) is 11.5. The van der Waals surface area contributed by atoms with Crippen LogP contribution in [0.15, 0.2) is 24.3 Å². The van der Waals surface area contributed by atoms with E-state index in [9.17, 15) is 4.79 Å². The molecule has 1 fully saturated rings. The van der Waals surface area contributed by atoms with E-state index in [-0.39, 0.29) is 5.91 Å². The molecule has 0 spiro atoms. The second-order valence-corrected chi connectivity index (χ2v) is 6.15. The molecule has 1 aliphatic rings. The van der Waals surface area contributed by atoms with Crippen LogP contribution < -0.4 is 9.64 Å². The summed E-state index contributed by atoms with van der Waals surface area (Å²) in [6.07, 6.45) is 0. The Hall–Kier alpha value is -2.50. The second-order valence-electron chi connectivity index (χ2n) is 6.15. The standard InChI is InChI=1S/C18H24N4O2/c1-13-17(14(2)20(3)19-13)18(23)22-10-8-21(9-11-22)15-6-5-7-16(12-15)24-4/h5-7,12H,8-11H2,1-4H3. The molecule has 6 heteroatoms. The zero-order valence-corrected chi connectivity index (χ0v) is 14.7. The lowest BCUT2D eigenvalue weighted by Gasteiger charge is -2.36. The topological polar surface area (TPSA) is 50.6 Å². The van der Waals surface area contributed by atoms with Crippen molar-refractivity contribution in [2.24, 2.45) is 7.05 Å². The van der Waals surface area contributed by atoms with E-state index in [2.05, 4.69) is 16.1 Å². The van der Waals surface area contributed by atoms with Crippen molar-refractivity contribution in [1.29, 1.82) is 0 Å². The van der Waals surface area contributed by atoms with Crippen molar-refractivity contribution in [3.05, 3.63) is 41.2 Å². The molecule has 1 aliphatic heterocycles. The SMILES string of the molecule is COc1cccc(N2CCN(C(=O)c3c(C)nn(C)c3C)CC2)c1. The van der Waals surface area contributed by atoms with E-state index >= 15 is 0 Å². The summed E-state index contributed by atoms with van der Waals surface area (Å²) in [4.78, 5) is 17.0. The Labute approximate surface area is 142 Å². The Morgan fingerprint density at radius 3 is 2.46 bits per heavy atom. The average Bonchev–Trinajstić information content (AvgIpc) is 2.86. The van der Waals surface area contributed by atoms with Crippen LogP contribution in [-0.4, -0.2) is 53.9 Å². The van der Waals surface area contributed by atoms with Crippen molar-refractivity contribution >= 4 is 11.6 Å². The number of piperazine rings is 1. The van der Waals surface area contributed by atoms with E-state index in [1.807, 2.05) is 44.0 Å². The summed E-state index contributed by atoms with van der Waals surface area (Å²) in [6, 6.07) is 8.05. The minimum absolute atomic E-state index is 0.0865. The molecule has 0 radical (unpaired) electrons. The molecule has 1 saturated heterocycles. The van der Waals surface area contributed by atoms with Crippen molar-refractivity contribution in [3.8, 4) is 5.75 Å². The van der Waals surface area contributed by atoms with Gasteiger partial charge in [0.25, 0.3) is 5.91 Å². The monoisotopic (exact) mass is 328 g/mol. The highest BCUT2D eigenvalue weighted by Gasteiger charge is 2.26. The van der Waals surface area contributed by atoms with E-state index < -0.39 is 0 Å². The van der Waals surface area contributed by atoms with Gasteiger partial charge in [-0.25, -0.2) is 0 Å². The summed E-state index contributed by atoms with van der Waals surface area (Å²) >= 11 is 0. The normalized spacial score (nSPS) is 14.8. The third kappa shape index (κ3) is 2.96. The van der Waals surface area contributed by atoms with Gasteiger partial charge < -0.3 is 14.5 Å². The van der Waals surface area contributed by atoms with Crippen LogP contribution in [0, 0.1) is 13.8 Å². The zero-order valence-electron chi connectivity index (χ0n) is 14.7. The van der Waals surface area contributed by atoms with Crippen LogP contribution in [0.2, 0.25) is 0 Å². The number of hydrogen-bond donors (Lipinski definition) is 0. The molecule has 3 rings (SSSR count). The molecule has 0 N–H and O–H groups in total. The molecule has 1 aromatic carbocycles. The summed E-state index contributed by atoms with van der Waals surface area (Å²) in [5, 5.41) is 4.35. The number of nitrogens with zero attached hydrogens (tertiary/aromatic N) is 4. The maximum Gasteiger partial charge on any atom is 0.257 e. The highest BCUT2D eigenvalue weighted by Crippen LogP contribution is 2.23. The van der Waals surface area contributed by atoms with Gasteiger partial charge in [0, 0.05) is 50.7 Å². The van der Waals surface area contributed by atoms with Crippen molar-refractivity contribution in [3.63, 3.8) is 0 Å². The molecule has 1 amide bonds. The summed E-state index contributed by atoms with van der Waals surface area (Å²) in [6.45, 7) is 6.90. The van der Waals surface area contributed by atoms with Crippen molar-refractivity contribution < 1.29 is 9.53 Å². The third-order valence-corrected chi connectivity index (χ3v) is 4.71. The number of rotatable bonds is 3. The van der Waals surface area contributed by atoms with Gasteiger partial charge in [0.2, 0.25) is 0 Å². The molecule has 24 heavy (non-hydrogen) atoms. The Morgan fingerprint density at radius 2 is 1.88 bits per heavy atom. The van der Waals surface area contributed by atoms with Crippen LogP contribution in [0.1, 0.15) is 21.7 Å². The number of carbonyl (C=O) groups is 1. The van der Waals surface area contributed by atoms with Gasteiger partial charge in [0.05, 0.1) is 18.4 Å². The number of aromatic nitrogens is 2. The van der Waals surface area contributed by atoms with Gasteiger partial charge in [0.1, 0.15) is 5.75 Å². The van der Waals surface area contributed by atoms with Crippen molar-refractivity contribution in [2.45, 2.75) is 13.8 Å². The van der Waals surface area contributed by atoms with Crippen molar-refractivity contribution in [1.82, 2.24) is 14.7 Å². The molecule has 2 aromatic rings. The lowest BCUT2D eigenvalue weighted by atomic mass is 10.1. The maximum absolute atomic E-state index is 12.8. The lowest BCUT2D eigenvalue weighted by molar-refractivity contribution is 0.0745. The quantitative estimate of drug-likeness (QED) is 0.865. The van der Waals surface area contributed by atoms with Crippen LogP contribution in [0.4, 0.5) is 5.69 Å². The Balaban J connectivity index is 1.69. The molecule has 6 nitrogen and oxygen atoms in total. The summed E-state index contributed by atoms with van der Waals surface area (Å²) in [5.74, 6) is 0.941. The Bertz CT molecular complexity index is 745. The van der Waals surface area contributed by atoms with Crippen molar-refractivity contribution in [2.75, 3.05) is 38.2 Å². The lowest BCUT2D eigenvalue weighted by Crippen LogP contribution is -2.49. The van der Waals surface area contributed by atoms with Crippen LogP contribution in [0.25, 0.3) is 0 Å². The molecule has 0 saturated carbocycles. The van der Waals surface area contributed by atoms with E-state index in [1.165, 1.54) is 0 Å². The molecule has 0 aliphatic carbocycles. The number of carbonyl (C=O) groups excluding carboxylic acids is 1. The number of benzene rings is 1. The molecule has 2 heterocycles. The molecule has 0 unspecified atom stereocenters. The van der Waals surface area contributed by atoms with Gasteiger partial charge in [-0.2, -0.15) is 5.10 Å². The first-order valence-electron chi connectivity index (χ1n) is 8.19. The summed E-state index contributed by atoms with van der Waals surface area (Å²) in [7, 11) is 3.55. The molecular weight excluding hydrogens is 304 g/mol. The number of amides is 1. The predicted molar refractivity (Wildman–Crippen MR) is 93.8 cm³/mol. The molecule has 1 aromatic heterocycles. The first-order valence-corrected chi connectivity index (χ1v) is 8.19. The number of methoxy groups -OCH3 is 1. The van der Waals surface area contributed by atoms with E-state index in [0.717, 1.165) is 41.5 Å². The van der Waals surface area contributed by atoms with Gasteiger partial charge >= 0.3 is 0 Å². The fourth-order valence-corrected chi connectivity index (χ4v) is 3.22. The molecule has 0 bridgehead atoms. The average molecular weight is 328 g/mol. The minimum atomic E-state index is 0.0865. The fourth-order valence-electron chi connectivity index (χ4n) is 3.22. The van der Waals surface area contributed by atoms with Crippen LogP contribution in [0.3, 0.4) is 0 Å². The second kappa shape index (κ2) is 6.55. The van der Waals surface area contributed by atoms with Gasteiger partial charge in [-0.05, 0) is 26.0 Å². The predicted octanol–water partition coefficient (Wildman–Crippen LogP) is 2.01. The largest absolute Gasteiger partial charge is 0.497 e. The molecule has 0 atom stereocenters. The number of aryl methyl sites for hydroxylation is 2. The zero-order chi connectivity index (χ0) is 17.3. The van der Waals surface area contributed by atoms with Gasteiger partial charge in [-0.1, -0.05) is 6.07 Å². The van der Waals surface area contributed by atoms with E-state index in [4.69, 9.17) is 4.74 Å². The van der Waals surface area contributed by atoms with Crippen LogP contribution in [-0.2, 0) is 7.05 Å². The summed E-state index contributed by atoms with van der Waals surface area (Å²) in [5.41, 5.74) is 3.60. The Morgan fingerprint density at radius 1 is 1.17 bits per heavy atom. The van der Waals surface area contributed by atoms with E-state index in [1.54, 1.807) is 11.8 Å². The minimum Gasteiger partial charge on any atom is -0.497 e. The Kier molecular flexibility index (Phi) is 4.46. The summed E-state index contributed by atoms with van der Waals surface area (Å²) < 4.78 is 7.06.